The van der Waals surface area contributed by atoms with Crippen molar-refractivity contribution in [3.8, 4) is 0 Å². The van der Waals surface area contributed by atoms with Crippen LogP contribution < -0.4 is 22.1 Å². The van der Waals surface area contributed by atoms with E-state index >= 15 is 0 Å². The van der Waals surface area contributed by atoms with Crippen LogP contribution in [0.25, 0.3) is 0 Å². The van der Waals surface area contributed by atoms with E-state index in [1.165, 1.54) is 0 Å². The number of aromatic nitrogens is 1. The lowest BCUT2D eigenvalue weighted by Gasteiger charge is -2.01. The summed E-state index contributed by atoms with van der Waals surface area (Å²) in [6, 6.07) is 0. The monoisotopic (exact) mass is 287 g/mol. The third kappa shape index (κ3) is 5.10. The molecule has 0 aromatic carbocycles. The van der Waals surface area contributed by atoms with Crippen molar-refractivity contribution in [3.05, 3.63) is 4.88 Å². The number of nitrogen functional groups attached to an aromatic ring is 1. The Kier molecular flexibility index (Phi) is 6.03. The number of carbonyl (C=O) groups is 2. The first-order chi connectivity index (χ1) is 9.04. The first-order valence-corrected chi connectivity index (χ1v) is 6.42. The van der Waals surface area contributed by atoms with Gasteiger partial charge in [-0.25, -0.2) is 4.98 Å². The quantitative estimate of drug-likeness (QED) is 0.471. The largest absolute Gasteiger partial charge is 0.383 e. The molecule has 0 aliphatic rings. The maximum absolute atomic E-state index is 11.8. The number of thiazole rings is 1. The maximum Gasteiger partial charge on any atom is 0.265 e. The SMILES string of the molecule is COCCNc1nc(N)c(C(=O)NCCC(N)=O)s1. The van der Waals surface area contributed by atoms with E-state index in [1.54, 1.807) is 7.11 Å². The number of rotatable bonds is 8. The smallest absolute Gasteiger partial charge is 0.265 e. The molecular formula is C10H17N5O3S. The molecule has 19 heavy (non-hydrogen) atoms. The van der Waals surface area contributed by atoms with Crippen LogP contribution in [0.15, 0.2) is 0 Å². The minimum atomic E-state index is -0.473. The molecule has 9 heteroatoms. The molecule has 0 atom stereocenters. The van der Waals surface area contributed by atoms with E-state index in [0.717, 1.165) is 11.3 Å². The number of hydrogen-bond acceptors (Lipinski definition) is 7. The average molecular weight is 287 g/mol. The van der Waals surface area contributed by atoms with E-state index in [9.17, 15) is 9.59 Å². The standard InChI is InChI=1S/C10H17N5O3S/c1-18-5-4-14-10-15-8(12)7(19-10)9(17)13-3-2-6(11)16/h2-5,12H2,1H3,(H2,11,16)(H,13,17)(H,14,15). The Morgan fingerprint density at radius 1 is 1.42 bits per heavy atom. The molecule has 1 aromatic heterocycles. The van der Waals surface area contributed by atoms with Crippen LogP contribution in [0, 0.1) is 0 Å². The second-order valence-corrected chi connectivity index (χ2v) is 4.62. The van der Waals surface area contributed by atoms with Gasteiger partial charge in [0.1, 0.15) is 10.7 Å². The number of carbonyl (C=O) groups excluding carboxylic acids is 2. The number of anilines is 2. The molecule has 0 bridgehead atoms. The lowest BCUT2D eigenvalue weighted by atomic mass is 10.4. The summed E-state index contributed by atoms with van der Waals surface area (Å²) >= 11 is 1.15. The van der Waals surface area contributed by atoms with Crippen molar-refractivity contribution in [1.82, 2.24) is 10.3 Å². The van der Waals surface area contributed by atoms with Gasteiger partial charge in [0.25, 0.3) is 5.91 Å². The van der Waals surface area contributed by atoms with Crippen LogP contribution in [0.5, 0.6) is 0 Å². The first-order valence-electron chi connectivity index (χ1n) is 5.60. The van der Waals surface area contributed by atoms with E-state index in [0.29, 0.717) is 23.2 Å². The molecule has 0 unspecified atom stereocenters. The highest BCUT2D eigenvalue weighted by atomic mass is 32.1. The van der Waals surface area contributed by atoms with Crippen molar-refractivity contribution < 1.29 is 14.3 Å². The van der Waals surface area contributed by atoms with Crippen molar-refractivity contribution in [2.45, 2.75) is 6.42 Å². The minimum absolute atomic E-state index is 0.0867. The second-order valence-electron chi connectivity index (χ2n) is 3.63. The molecule has 2 amide bonds. The van der Waals surface area contributed by atoms with Crippen LogP contribution >= 0.6 is 11.3 Å². The highest BCUT2D eigenvalue weighted by Crippen LogP contribution is 2.24. The highest BCUT2D eigenvalue weighted by molar-refractivity contribution is 7.18. The summed E-state index contributed by atoms with van der Waals surface area (Å²) in [6.45, 7) is 1.28. The molecule has 1 rings (SSSR count). The van der Waals surface area contributed by atoms with Crippen LogP contribution in [0.4, 0.5) is 10.9 Å². The van der Waals surface area contributed by atoms with Gasteiger partial charge in [0.2, 0.25) is 5.91 Å². The second kappa shape index (κ2) is 7.54. The maximum atomic E-state index is 11.8. The summed E-state index contributed by atoms with van der Waals surface area (Å²) in [5, 5.41) is 6.08. The number of methoxy groups -OCH3 is 1. The van der Waals surface area contributed by atoms with Gasteiger partial charge in [0, 0.05) is 26.6 Å². The van der Waals surface area contributed by atoms with Crippen LogP contribution in [0.1, 0.15) is 16.1 Å². The van der Waals surface area contributed by atoms with Gasteiger partial charge in [-0.2, -0.15) is 0 Å². The predicted octanol–water partition coefficient (Wildman–Crippen LogP) is -0.611. The minimum Gasteiger partial charge on any atom is -0.383 e. The Hall–Kier alpha value is -1.87. The summed E-state index contributed by atoms with van der Waals surface area (Å²) in [5.41, 5.74) is 10.6. The molecule has 0 aliphatic heterocycles. The number of primary amides is 1. The Bertz CT molecular complexity index is 448. The molecule has 6 N–H and O–H groups in total. The normalized spacial score (nSPS) is 10.2. The fourth-order valence-electron chi connectivity index (χ4n) is 1.21. The third-order valence-corrected chi connectivity index (χ3v) is 3.13. The Labute approximate surface area is 114 Å². The van der Waals surface area contributed by atoms with Gasteiger partial charge in [-0.1, -0.05) is 11.3 Å². The molecule has 0 spiro atoms. The third-order valence-electron chi connectivity index (χ3n) is 2.10. The summed E-state index contributed by atoms with van der Waals surface area (Å²) in [7, 11) is 1.59. The zero-order valence-corrected chi connectivity index (χ0v) is 11.4. The molecule has 1 heterocycles. The molecule has 0 saturated heterocycles. The van der Waals surface area contributed by atoms with Gasteiger partial charge >= 0.3 is 0 Å². The number of hydrogen-bond donors (Lipinski definition) is 4. The molecule has 0 radical (unpaired) electrons. The summed E-state index contributed by atoms with van der Waals surface area (Å²) in [5.74, 6) is -0.683. The van der Waals surface area contributed by atoms with Crippen molar-refractivity contribution in [2.24, 2.45) is 5.73 Å². The van der Waals surface area contributed by atoms with Crippen molar-refractivity contribution in [2.75, 3.05) is 37.9 Å². The van der Waals surface area contributed by atoms with Crippen LogP contribution in [0.2, 0.25) is 0 Å². The predicted molar refractivity (Wildman–Crippen MR) is 73.0 cm³/mol. The molecular weight excluding hydrogens is 270 g/mol. The zero-order valence-electron chi connectivity index (χ0n) is 10.6. The van der Waals surface area contributed by atoms with Gasteiger partial charge in [-0.3, -0.25) is 9.59 Å². The first kappa shape index (κ1) is 15.2. The van der Waals surface area contributed by atoms with E-state index in [2.05, 4.69) is 15.6 Å². The van der Waals surface area contributed by atoms with E-state index in [4.69, 9.17) is 16.2 Å². The number of ether oxygens (including phenoxy) is 1. The molecule has 8 nitrogen and oxygen atoms in total. The number of nitrogens with one attached hydrogen (secondary N) is 2. The molecule has 0 fully saturated rings. The zero-order chi connectivity index (χ0) is 14.3. The summed E-state index contributed by atoms with van der Waals surface area (Å²) < 4.78 is 4.88. The van der Waals surface area contributed by atoms with Gasteiger partial charge in [0.05, 0.1) is 6.61 Å². The molecule has 1 aromatic rings. The van der Waals surface area contributed by atoms with Crippen LogP contribution in [-0.2, 0) is 9.53 Å². The van der Waals surface area contributed by atoms with E-state index in [1.807, 2.05) is 0 Å². The highest BCUT2D eigenvalue weighted by Gasteiger charge is 2.15. The number of amides is 2. The lowest BCUT2D eigenvalue weighted by Crippen LogP contribution is -2.27. The topological polar surface area (TPSA) is 132 Å². The van der Waals surface area contributed by atoms with Gasteiger partial charge < -0.3 is 26.8 Å². The summed E-state index contributed by atoms with van der Waals surface area (Å²) in [4.78, 5) is 26.6. The summed E-state index contributed by atoms with van der Waals surface area (Å²) in [6.07, 6.45) is 0.0867. The fourth-order valence-corrected chi connectivity index (χ4v) is 2.04. The Morgan fingerprint density at radius 3 is 2.79 bits per heavy atom. The Morgan fingerprint density at radius 2 is 2.16 bits per heavy atom. The lowest BCUT2D eigenvalue weighted by molar-refractivity contribution is -0.117. The molecule has 0 aliphatic carbocycles. The molecule has 0 saturated carbocycles. The van der Waals surface area contributed by atoms with Gasteiger partial charge in [-0.15, -0.1) is 0 Å². The number of nitrogens with two attached hydrogens (primary N) is 2. The fraction of sp³-hybridized carbons (Fsp3) is 0.500. The van der Waals surface area contributed by atoms with Gasteiger partial charge in [-0.05, 0) is 0 Å². The molecule has 106 valence electrons. The van der Waals surface area contributed by atoms with Crippen molar-refractivity contribution >= 4 is 34.1 Å². The average Bonchev–Trinajstić information content (AvgIpc) is 2.70. The van der Waals surface area contributed by atoms with Crippen LogP contribution in [-0.4, -0.2) is 43.6 Å². The number of nitrogens with zero attached hydrogens (tertiary/aromatic N) is 1. The Balaban J connectivity index is 2.52. The van der Waals surface area contributed by atoms with Gasteiger partial charge in [0.15, 0.2) is 5.13 Å². The van der Waals surface area contributed by atoms with Crippen molar-refractivity contribution in [3.63, 3.8) is 0 Å². The van der Waals surface area contributed by atoms with E-state index < -0.39 is 5.91 Å². The van der Waals surface area contributed by atoms with Crippen LogP contribution in [0.3, 0.4) is 0 Å². The van der Waals surface area contributed by atoms with E-state index in [-0.39, 0.29) is 24.7 Å². The van der Waals surface area contributed by atoms with Crippen molar-refractivity contribution in [1.29, 1.82) is 0 Å².